The van der Waals surface area contributed by atoms with Gasteiger partial charge in [0.05, 0.1) is 24.8 Å². The lowest BCUT2D eigenvalue weighted by Crippen LogP contribution is -2.35. The van der Waals surface area contributed by atoms with Crippen LogP contribution >= 0.6 is 11.6 Å². The molecule has 39 heavy (non-hydrogen) atoms. The van der Waals surface area contributed by atoms with Crippen LogP contribution in [0.4, 0.5) is 4.39 Å². The first-order valence-corrected chi connectivity index (χ1v) is 13.7. The van der Waals surface area contributed by atoms with Gasteiger partial charge < -0.3 is 23.9 Å². The second kappa shape index (κ2) is 10.1. The molecule has 0 spiro atoms. The van der Waals surface area contributed by atoms with Crippen molar-refractivity contribution in [2.75, 3.05) is 19.7 Å². The maximum atomic E-state index is 14.7. The number of fused-ring (bicyclic) bond motifs is 1. The largest absolute Gasteiger partial charge is 0.476 e. The molecule has 0 radical (unpaired) electrons. The Hall–Kier alpha value is -3.14. The molecule has 0 aliphatic carbocycles. The van der Waals surface area contributed by atoms with Crippen LogP contribution in [0.3, 0.4) is 0 Å². The number of nitrogens with zero attached hydrogens (tertiary/aromatic N) is 3. The average molecular weight is 556 g/mol. The summed E-state index contributed by atoms with van der Waals surface area (Å²) in [5.41, 5.74) is 2.12. The number of ether oxygens (including phenoxy) is 3. The van der Waals surface area contributed by atoms with Crippen molar-refractivity contribution in [3.63, 3.8) is 0 Å². The minimum absolute atomic E-state index is 0.108. The Bertz CT molecular complexity index is 1420. The summed E-state index contributed by atoms with van der Waals surface area (Å²) < 4.78 is 34.8. The molecule has 10 heteroatoms. The lowest BCUT2D eigenvalue weighted by atomic mass is 9.88. The number of hydrogen-bond donors (Lipinski definition) is 1. The summed E-state index contributed by atoms with van der Waals surface area (Å²) in [6.07, 6.45) is 2.87. The molecule has 3 aliphatic rings. The molecule has 2 aromatic carbocycles. The highest BCUT2D eigenvalue weighted by molar-refractivity contribution is 6.30. The molecule has 0 unspecified atom stereocenters. The van der Waals surface area contributed by atoms with E-state index in [0.717, 1.165) is 50.3 Å². The lowest BCUT2D eigenvalue weighted by molar-refractivity contribution is -0.0712. The zero-order valence-corrected chi connectivity index (χ0v) is 22.7. The summed E-state index contributed by atoms with van der Waals surface area (Å²) in [7, 11) is 0. The number of aromatic carboxylic acids is 1. The number of imidazole rings is 1. The SMILES string of the molecule is Cc1c(C(=O)O)nc(CN2CCC(c3cccc4c3O[C@@](C)(c3ccc(Cl)cc3F)O4)CC2)n1C[C@@H]1CCO1. The predicted octanol–water partition coefficient (Wildman–Crippen LogP) is 5.49. The van der Waals surface area contributed by atoms with Crippen LogP contribution in [-0.4, -0.2) is 51.3 Å². The Labute approximate surface area is 231 Å². The van der Waals surface area contributed by atoms with Gasteiger partial charge in [-0.3, -0.25) is 4.90 Å². The summed E-state index contributed by atoms with van der Waals surface area (Å²) in [5.74, 6) is -0.500. The van der Waals surface area contributed by atoms with Crippen LogP contribution in [0.25, 0.3) is 0 Å². The molecule has 206 valence electrons. The smallest absolute Gasteiger partial charge is 0.356 e. The van der Waals surface area contributed by atoms with Crippen molar-refractivity contribution in [3.8, 4) is 11.5 Å². The van der Waals surface area contributed by atoms with Gasteiger partial charge in [-0.25, -0.2) is 14.2 Å². The summed E-state index contributed by atoms with van der Waals surface area (Å²) in [6, 6.07) is 10.3. The number of carbonyl (C=O) groups is 1. The number of rotatable bonds is 7. The van der Waals surface area contributed by atoms with Gasteiger partial charge in [0.25, 0.3) is 5.79 Å². The van der Waals surface area contributed by atoms with E-state index >= 15 is 0 Å². The van der Waals surface area contributed by atoms with Crippen molar-refractivity contribution in [2.24, 2.45) is 0 Å². The minimum atomic E-state index is -1.28. The maximum absolute atomic E-state index is 14.7. The van der Waals surface area contributed by atoms with E-state index in [4.69, 9.17) is 25.8 Å². The number of halogens is 2. The average Bonchev–Trinajstić information content (AvgIpc) is 3.38. The van der Waals surface area contributed by atoms with Crippen molar-refractivity contribution in [1.82, 2.24) is 14.5 Å². The zero-order chi connectivity index (χ0) is 27.3. The number of likely N-dealkylation sites (tertiary alicyclic amines) is 1. The third-order valence-corrected chi connectivity index (χ3v) is 8.34. The Kier molecular flexibility index (Phi) is 6.77. The molecular formula is C29H31ClFN3O5. The van der Waals surface area contributed by atoms with Gasteiger partial charge in [0.15, 0.2) is 17.2 Å². The summed E-state index contributed by atoms with van der Waals surface area (Å²) in [4.78, 5) is 18.5. The van der Waals surface area contributed by atoms with Crippen LogP contribution in [0.1, 0.15) is 65.2 Å². The molecule has 3 aliphatic heterocycles. The second-order valence-electron chi connectivity index (χ2n) is 10.7. The number of carboxylic acid groups (broad SMARTS) is 1. The molecule has 1 aromatic heterocycles. The van der Waals surface area contributed by atoms with Crippen LogP contribution in [0.2, 0.25) is 5.02 Å². The van der Waals surface area contributed by atoms with E-state index in [1.165, 1.54) is 6.07 Å². The van der Waals surface area contributed by atoms with E-state index in [9.17, 15) is 14.3 Å². The van der Waals surface area contributed by atoms with Crippen LogP contribution in [-0.2, 0) is 23.6 Å². The molecular weight excluding hydrogens is 525 g/mol. The molecule has 6 rings (SSSR count). The van der Waals surface area contributed by atoms with E-state index in [1.807, 2.05) is 23.6 Å². The van der Waals surface area contributed by atoms with Crippen LogP contribution in [0, 0.1) is 12.7 Å². The van der Waals surface area contributed by atoms with Crippen molar-refractivity contribution < 1.29 is 28.5 Å². The molecule has 2 atom stereocenters. The van der Waals surface area contributed by atoms with Gasteiger partial charge in [-0.15, -0.1) is 0 Å². The first-order valence-electron chi connectivity index (χ1n) is 13.3. The van der Waals surface area contributed by atoms with Gasteiger partial charge >= 0.3 is 5.97 Å². The van der Waals surface area contributed by atoms with Gasteiger partial charge in [0.1, 0.15) is 11.6 Å². The Balaban J connectivity index is 1.16. The van der Waals surface area contributed by atoms with E-state index in [-0.39, 0.29) is 17.7 Å². The highest BCUT2D eigenvalue weighted by atomic mass is 35.5. The van der Waals surface area contributed by atoms with Crippen molar-refractivity contribution in [3.05, 3.63) is 75.6 Å². The normalized spacial score (nSPS) is 23.1. The lowest BCUT2D eigenvalue weighted by Gasteiger charge is -2.33. The van der Waals surface area contributed by atoms with Crippen molar-refractivity contribution >= 4 is 17.6 Å². The first kappa shape index (κ1) is 26.1. The molecule has 3 aromatic rings. The number of carboxylic acids is 1. The number of hydrogen-bond acceptors (Lipinski definition) is 6. The van der Waals surface area contributed by atoms with E-state index in [0.29, 0.717) is 40.9 Å². The molecule has 0 bridgehead atoms. The summed E-state index contributed by atoms with van der Waals surface area (Å²) in [5, 5.41) is 9.94. The number of aromatic nitrogens is 2. The Morgan fingerprint density at radius 2 is 1.97 bits per heavy atom. The second-order valence-corrected chi connectivity index (χ2v) is 11.1. The third-order valence-electron chi connectivity index (χ3n) is 8.11. The standard InChI is InChI=1S/C29H31ClFN3O5/c1-17-26(28(35)36)32-25(34(17)15-20-10-13-37-20)16-33-11-8-18(9-12-33)21-4-3-5-24-27(21)39-29(2,38-24)22-7-6-19(30)14-23(22)31/h3-7,14,18,20H,8-13,15-16H2,1-2H3,(H,35,36)/t20-,29-/m0/s1. The molecule has 0 amide bonds. The fourth-order valence-electron chi connectivity index (χ4n) is 5.83. The molecule has 4 heterocycles. The van der Waals surface area contributed by atoms with Crippen LogP contribution in [0.5, 0.6) is 11.5 Å². The zero-order valence-electron chi connectivity index (χ0n) is 22.0. The van der Waals surface area contributed by atoms with Crippen molar-refractivity contribution in [2.45, 2.75) is 64.0 Å². The van der Waals surface area contributed by atoms with Crippen molar-refractivity contribution in [1.29, 1.82) is 0 Å². The van der Waals surface area contributed by atoms with E-state index < -0.39 is 17.6 Å². The highest BCUT2D eigenvalue weighted by Crippen LogP contribution is 2.49. The van der Waals surface area contributed by atoms with E-state index in [2.05, 4.69) is 16.0 Å². The topological polar surface area (TPSA) is 86.0 Å². The highest BCUT2D eigenvalue weighted by Gasteiger charge is 2.43. The molecule has 2 saturated heterocycles. The fraction of sp³-hybridized carbons (Fsp3) is 0.448. The third kappa shape index (κ3) is 4.88. The fourth-order valence-corrected chi connectivity index (χ4v) is 5.99. The summed E-state index contributed by atoms with van der Waals surface area (Å²) >= 11 is 5.95. The van der Waals surface area contributed by atoms with Crippen LogP contribution < -0.4 is 9.47 Å². The number of benzene rings is 2. The number of piperidine rings is 1. The number of para-hydroxylation sites is 1. The molecule has 0 saturated carbocycles. The molecule has 1 N–H and O–H groups in total. The van der Waals surface area contributed by atoms with Crippen LogP contribution in [0.15, 0.2) is 36.4 Å². The van der Waals surface area contributed by atoms with E-state index in [1.54, 1.807) is 19.1 Å². The van der Waals surface area contributed by atoms with Gasteiger partial charge in [0, 0.05) is 29.8 Å². The van der Waals surface area contributed by atoms with Gasteiger partial charge in [-0.05, 0) is 69.5 Å². The molecule has 2 fully saturated rings. The minimum Gasteiger partial charge on any atom is -0.476 e. The summed E-state index contributed by atoms with van der Waals surface area (Å²) in [6.45, 7) is 7.13. The van der Waals surface area contributed by atoms with Gasteiger partial charge in [-0.1, -0.05) is 23.7 Å². The Morgan fingerprint density at radius 3 is 2.64 bits per heavy atom. The maximum Gasteiger partial charge on any atom is 0.356 e. The monoisotopic (exact) mass is 555 g/mol. The van der Waals surface area contributed by atoms with Gasteiger partial charge in [-0.2, -0.15) is 0 Å². The quantitative estimate of drug-likeness (QED) is 0.412. The van der Waals surface area contributed by atoms with Gasteiger partial charge in [0.2, 0.25) is 0 Å². The predicted molar refractivity (Wildman–Crippen MR) is 142 cm³/mol. The first-order chi connectivity index (χ1) is 18.7. The Morgan fingerprint density at radius 1 is 1.21 bits per heavy atom. The molecule has 8 nitrogen and oxygen atoms in total.